The lowest BCUT2D eigenvalue weighted by Gasteiger charge is -2.45. The van der Waals surface area contributed by atoms with Gasteiger partial charge in [-0.3, -0.25) is 4.79 Å². The van der Waals surface area contributed by atoms with Crippen LogP contribution in [0.3, 0.4) is 0 Å². The van der Waals surface area contributed by atoms with E-state index in [1.165, 1.54) is 28.5 Å². The second-order valence-corrected chi connectivity index (χ2v) is 9.89. The number of carbonyl (C=O) groups is 1. The number of aromatic nitrogens is 1. The van der Waals surface area contributed by atoms with E-state index in [2.05, 4.69) is 56.4 Å². The summed E-state index contributed by atoms with van der Waals surface area (Å²) in [6.07, 6.45) is 6.53. The number of piperidine rings is 1. The van der Waals surface area contributed by atoms with E-state index in [4.69, 9.17) is 4.74 Å². The van der Waals surface area contributed by atoms with Gasteiger partial charge in [0, 0.05) is 35.3 Å². The molecule has 0 saturated carbocycles. The maximum absolute atomic E-state index is 12.6. The molecule has 1 aromatic carbocycles. The number of carbonyl (C=O) groups excluding carboxylic acids is 1. The molecule has 0 amide bonds. The van der Waals surface area contributed by atoms with Crippen LogP contribution in [0.1, 0.15) is 49.1 Å². The summed E-state index contributed by atoms with van der Waals surface area (Å²) >= 11 is 3.73. The van der Waals surface area contributed by atoms with E-state index in [9.17, 15) is 4.79 Å². The normalized spacial score (nSPS) is 30.0. The van der Waals surface area contributed by atoms with Crippen molar-refractivity contribution in [3.05, 3.63) is 33.9 Å². The number of fused-ring (bicyclic) bond motifs is 2. The summed E-state index contributed by atoms with van der Waals surface area (Å²) in [6.45, 7) is 2.44. The van der Waals surface area contributed by atoms with Gasteiger partial charge in [0.05, 0.1) is 11.2 Å². The number of benzene rings is 1. The van der Waals surface area contributed by atoms with Crippen LogP contribution in [0.5, 0.6) is 0 Å². The topological polar surface area (TPSA) is 57.4 Å². The first-order chi connectivity index (χ1) is 14.1. The lowest BCUT2D eigenvalue weighted by molar-refractivity contribution is -0.148. The smallest absolute Gasteiger partial charge is 0.323 e. The van der Waals surface area contributed by atoms with Crippen LogP contribution in [0.25, 0.3) is 10.9 Å². The number of ether oxygens (including phenoxy) is 1. The monoisotopic (exact) mass is 459 g/mol. The Hall–Kier alpha value is -1.37. The van der Waals surface area contributed by atoms with Crippen molar-refractivity contribution in [2.24, 2.45) is 5.92 Å². The van der Waals surface area contributed by atoms with E-state index in [0.29, 0.717) is 24.5 Å². The van der Waals surface area contributed by atoms with Crippen LogP contribution in [0.2, 0.25) is 0 Å². The Morgan fingerprint density at radius 1 is 1.31 bits per heavy atom. The van der Waals surface area contributed by atoms with Crippen molar-refractivity contribution in [1.82, 2.24) is 15.2 Å². The summed E-state index contributed by atoms with van der Waals surface area (Å²) in [5.74, 6) is 0.821. The molecule has 5 rings (SSSR count). The van der Waals surface area contributed by atoms with Crippen molar-refractivity contribution < 1.29 is 9.53 Å². The predicted octanol–water partition coefficient (Wildman–Crippen LogP) is 3.97. The molecule has 2 aromatic rings. The second-order valence-electron chi connectivity index (χ2n) is 9.09. The Labute approximate surface area is 180 Å². The molecule has 1 unspecified atom stereocenters. The van der Waals surface area contributed by atoms with Crippen molar-refractivity contribution in [2.45, 2.75) is 56.5 Å². The summed E-state index contributed by atoms with van der Waals surface area (Å²) in [5, 5.41) is 4.75. The third-order valence-corrected chi connectivity index (χ3v) is 7.87. The van der Waals surface area contributed by atoms with Crippen LogP contribution < -0.4 is 5.32 Å². The molecule has 156 valence electrons. The second kappa shape index (κ2) is 8.05. The maximum Gasteiger partial charge on any atom is 0.323 e. The van der Waals surface area contributed by atoms with E-state index in [1.807, 2.05) is 0 Å². The lowest BCUT2D eigenvalue weighted by Crippen LogP contribution is -2.49. The van der Waals surface area contributed by atoms with Gasteiger partial charge in [-0.1, -0.05) is 25.0 Å². The van der Waals surface area contributed by atoms with Gasteiger partial charge in [0.2, 0.25) is 0 Å². The van der Waals surface area contributed by atoms with E-state index in [-0.39, 0.29) is 12.0 Å². The molecule has 6 heteroatoms. The van der Waals surface area contributed by atoms with Crippen molar-refractivity contribution in [1.29, 1.82) is 0 Å². The number of likely N-dealkylation sites (N-methyl/N-ethyl adjacent to an activating group) is 1. The minimum atomic E-state index is -0.116. The van der Waals surface area contributed by atoms with E-state index >= 15 is 0 Å². The van der Waals surface area contributed by atoms with Crippen LogP contribution in [-0.2, 0) is 16.0 Å². The fraction of sp³-hybridized carbons (Fsp3) is 0.609. The highest BCUT2D eigenvalue weighted by Gasteiger charge is 2.40. The predicted molar refractivity (Wildman–Crippen MR) is 118 cm³/mol. The quantitative estimate of drug-likeness (QED) is 0.681. The number of likely N-dealkylation sites (tertiary alicyclic amines) is 1. The minimum Gasteiger partial charge on any atom is -0.464 e. The summed E-state index contributed by atoms with van der Waals surface area (Å²) in [6, 6.07) is 7.01. The molecule has 1 aromatic heterocycles. The number of hydrogen-bond donors (Lipinski definition) is 2. The highest BCUT2D eigenvalue weighted by atomic mass is 79.9. The molecular weight excluding hydrogens is 430 g/mol. The molecule has 1 aliphatic carbocycles. The van der Waals surface area contributed by atoms with Gasteiger partial charge in [0.1, 0.15) is 6.04 Å². The summed E-state index contributed by atoms with van der Waals surface area (Å²) < 4.78 is 6.93. The molecule has 0 spiro atoms. The Morgan fingerprint density at radius 3 is 3.10 bits per heavy atom. The molecule has 2 fully saturated rings. The number of H-pyrrole nitrogens is 1. The molecule has 5 nitrogen and oxygen atoms in total. The summed E-state index contributed by atoms with van der Waals surface area (Å²) in [4.78, 5) is 18.6. The van der Waals surface area contributed by atoms with Crippen LogP contribution >= 0.6 is 15.9 Å². The van der Waals surface area contributed by atoms with Gasteiger partial charge in [0.15, 0.2) is 0 Å². The van der Waals surface area contributed by atoms with E-state index < -0.39 is 0 Å². The summed E-state index contributed by atoms with van der Waals surface area (Å²) in [5.41, 5.74) is 4.08. The molecule has 29 heavy (non-hydrogen) atoms. The lowest BCUT2D eigenvalue weighted by atomic mass is 9.72. The average Bonchev–Trinajstić information content (AvgIpc) is 2.89. The summed E-state index contributed by atoms with van der Waals surface area (Å²) in [7, 11) is 2.23. The van der Waals surface area contributed by atoms with Crippen molar-refractivity contribution in [2.75, 3.05) is 26.7 Å². The van der Waals surface area contributed by atoms with Gasteiger partial charge in [0.25, 0.3) is 0 Å². The number of halogens is 1. The van der Waals surface area contributed by atoms with Gasteiger partial charge < -0.3 is 19.9 Å². The molecule has 2 N–H and O–H groups in total. The molecule has 4 atom stereocenters. The van der Waals surface area contributed by atoms with Gasteiger partial charge in [-0.2, -0.15) is 0 Å². The zero-order chi connectivity index (χ0) is 20.0. The standard InChI is InChI=1S/C23H30BrN3O2/c1-27-12-14(13-29-23(28)19-7-3-2-4-9-25-19)10-16-15-6-5-8-18-21(15)17(11-20(16)27)22(24)26-18/h5-6,8,14,16,19-20,25-26H,2-4,7,9-13H2,1H3/t14-,16-,19?,20-/m1/s1. The highest BCUT2D eigenvalue weighted by molar-refractivity contribution is 9.10. The molecule has 2 aliphatic heterocycles. The number of hydrogen-bond acceptors (Lipinski definition) is 4. The fourth-order valence-electron chi connectivity index (χ4n) is 5.75. The van der Waals surface area contributed by atoms with Gasteiger partial charge in [-0.15, -0.1) is 0 Å². The third-order valence-electron chi connectivity index (χ3n) is 7.19. The van der Waals surface area contributed by atoms with E-state index in [1.54, 1.807) is 0 Å². The molecule has 0 radical (unpaired) electrons. The maximum atomic E-state index is 12.6. The first-order valence-corrected chi connectivity index (χ1v) is 11.8. The zero-order valence-electron chi connectivity index (χ0n) is 17.0. The van der Waals surface area contributed by atoms with Gasteiger partial charge in [-0.05, 0) is 72.4 Å². The Balaban J connectivity index is 1.31. The minimum absolute atomic E-state index is 0.0562. The molecule has 3 heterocycles. The largest absolute Gasteiger partial charge is 0.464 e. The molecule has 2 saturated heterocycles. The van der Waals surface area contributed by atoms with E-state index in [0.717, 1.165) is 49.8 Å². The average molecular weight is 460 g/mol. The zero-order valence-corrected chi connectivity index (χ0v) is 18.6. The SMILES string of the molecule is CN1C[C@H](COC(=O)C2CCCCCN2)C[C@@H]2c3cccc4[nH]c(Br)c(c34)C[C@H]21. The number of nitrogens with one attached hydrogen (secondary N) is 2. The van der Waals surface area contributed by atoms with Crippen molar-refractivity contribution in [3.63, 3.8) is 0 Å². The van der Waals surface area contributed by atoms with Crippen LogP contribution in [-0.4, -0.2) is 54.7 Å². The Morgan fingerprint density at radius 2 is 2.21 bits per heavy atom. The molecular formula is C23H30BrN3O2. The van der Waals surface area contributed by atoms with Crippen molar-refractivity contribution >= 4 is 32.8 Å². The van der Waals surface area contributed by atoms with Crippen LogP contribution in [0.4, 0.5) is 0 Å². The van der Waals surface area contributed by atoms with Gasteiger partial charge >= 0.3 is 5.97 Å². The van der Waals surface area contributed by atoms with Crippen LogP contribution in [0.15, 0.2) is 22.8 Å². The number of nitrogens with zero attached hydrogens (tertiary/aromatic N) is 1. The van der Waals surface area contributed by atoms with Crippen LogP contribution in [0, 0.1) is 5.92 Å². The van der Waals surface area contributed by atoms with Crippen molar-refractivity contribution in [3.8, 4) is 0 Å². The molecule has 3 aliphatic rings. The first kappa shape index (κ1) is 19.6. The Kier molecular flexibility index (Phi) is 5.43. The number of aromatic amines is 1. The highest BCUT2D eigenvalue weighted by Crippen LogP contribution is 2.46. The fourth-order valence-corrected chi connectivity index (χ4v) is 6.32. The molecule has 0 bridgehead atoms. The third kappa shape index (κ3) is 3.64. The Bertz CT molecular complexity index is 903. The van der Waals surface area contributed by atoms with Gasteiger partial charge in [-0.25, -0.2) is 0 Å². The number of rotatable bonds is 3. The first-order valence-electron chi connectivity index (χ1n) is 11.0. The number of esters is 1.